The van der Waals surface area contributed by atoms with Crippen LogP contribution < -0.4 is 4.74 Å². The highest BCUT2D eigenvalue weighted by Crippen LogP contribution is 2.25. The van der Waals surface area contributed by atoms with Crippen LogP contribution in [0.3, 0.4) is 0 Å². The first kappa shape index (κ1) is 15.9. The van der Waals surface area contributed by atoms with Crippen LogP contribution in [0.2, 0.25) is 5.02 Å². The lowest BCUT2D eigenvalue weighted by molar-refractivity contribution is 0.0593. The number of carbonyl (C=O) groups excluding carboxylic acids is 2. The van der Waals surface area contributed by atoms with Gasteiger partial charge < -0.3 is 9.47 Å². The molecule has 0 heterocycles. The third-order valence-corrected chi connectivity index (χ3v) is 2.94. The van der Waals surface area contributed by atoms with Gasteiger partial charge in [0.15, 0.2) is 0 Å². The van der Waals surface area contributed by atoms with E-state index in [0.29, 0.717) is 6.07 Å². The first-order valence-electron chi connectivity index (χ1n) is 5.97. The highest BCUT2D eigenvalue weighted by molar-refractivity contribution is 6.30. The molecule has 0 bridgehead atoms. The van der Waals surface area contributed by atoms with Crippen molar-refractivity contribution in [1.82, 2.24) is 0 Å². The largest absolute Gasteiger partial charge is 0.465 e. The number of carbonyl (C=O) groups is 2. The van der Waals surface area contributed by atoms with Crippen molar-refractivity contribution in [2.24, 2.45) is 0 Å². The minimum Gasteiger partial charge on any atom is -0.465 e. The molecule has 0 fully saturated rings. The topological polar surface area (TPSA) is 52.6 Å². The van der Waals surface area contributed by atoms with Gasteiger partial charge in [0.05, 0.1) is 12.7 Å². The van der Waals surface area contributed by atoms with Gasteiger partial charge in [-0.05, 0) is 30.3 Å². The van der Waals surface area contributed by atoms with Gasteiger partial charge in [-0.25, -0.2) is 18.4 Å². The third-order valence-electron chi connectivity index (χ3n) is 2.70. The number of methoxy groups -OCH3 is 1. The first-order valence-corrected chi connectivity index (χ1v) is 6.35. The van der Waals surface area contributed by atoms with E-state index in [1.165, 1.54) is 18.2 Å². The summed E-state index contributed by atoms with van der Waals surface area (Å²) in [7, 11) is 1.15. The van der Waals surface area contributed by atoms with Gasteiger partial charge in [-0.15, -0.1) is 0 Å². The van der Waals surface area contributed by atoms with Gasteiger partial charge in [-0.1, -0.05) is 11.6 Å². The standard InChI is InChI=1S/C15H9ClF2O4/c1-21-14(19)10-4-2-8(16)6-13(10)22-15(20)11-7-9(17)3-5-12(11)18/h2-7H,1H3. The van der Waals surface area contributed by atoms with E-state index in [2.05, 4.69) is 4.74 Å². The molecule has 0 aromatic heterocycles. The zero-order valence-electron chi connectivity index (χ0n) is 11.2. The Morgan fingerprint density at radius 3 is 2.41 bits per heavy atom. The zero-order chi connectivity index (χ0) is 16.3. The Bertz CT molecular complexity index is 746. The predicted octanol–water partition coefficient (Wildman–Crippen LogP) is 3.62. The lowest BCUT2D eigenvalue weighted by atomic mass is 10.2. The summed E-state index contributed by atoms with van der Waals surface area (Å²) in [6.45, 7) is 0. The quantitative estimate of drug-likeness (QED) is 0.638. The van der Waals surface area contributed by atoms with Crippen molar-refractivity contribution in [3.8, 4) is 5.75 Å². The minimum absolute atomic E-state index is 0.0722. The molecule has 0 radical (unpaired) electrons. The molecule has 0 saturated carbocycles. The molecule has 0 aliphatic carbocycles. The van der Waals surface area contributed by atoms with E-state index in [-0.39, 0.29) is 16.3 Å². The summed E-state index contributed by atoms with van der Waals surface area (Å²) < 4.78 is 36.1. The molecule has 0 aliphatic heterocycles. The summed E-state index contributed by atoms with van der Waals surface area (Å²) in [5.74, 6) is -3.89. The van der Waals surface area contributed by atoms with Crippen LogP contribution in [0, 0.1) is 11.6 Å². The molecule has 0 unspecified atom stereocenters. The van der Waals surface area contributed by atoms with E-state index >= 15 is 0 Å². The lowest BCUT2D eigenvalue weighted by Gasteiger charge is -2.09. The Morgan fingerprint density at radius 2 is 1.73 bits per heavy atom. The molecular weight excluding hydrogens is 318 g/mol. The average molecular weight is 327 g/mol. The van der Waals surface area contributed by atoms with Gasteiger partial charge in [0.25, 0.3) is 0 Å². The Kier molecular flexibility index (Phi) is 4.72. The van der Waals surface area contributed by atoms with Crippen LogP contribution in [-0.2, 0) is 4.74 Å². The van der Waals surface area contributed by atoms with Crippen LogP contribution >= 0.6 is 11.6 Å². The molecule has 0 spiro atoms. The second-order valence-electron chi connectivity index (χ2n) is 4.15. The smallest absolute Gasteiger partial charge is 0.346 e. The highest BCUT2D eigenvalue weighted by atomic mass is 35.5. The molecular formula is C15H9ClF2O4. The molecule has 7 heteroatoms. The molecule has 22 heavy (non-hydrogen) atoms. The molecule has 0 saturated heterocycles. The Morgan fingerprint density at radius 1 is 1.00 bits per heavy atom. The second-order valence-corrected chi connectivity index (χ2v) is 4.58. The van der Waals surface area contributed by atoms with Crippen molar-refractivity contribution in [1.29, 1.82) is 0 Å². The maximum absolute atomic E-state index is 13.5. The number of halogens is 3. The van der Waals surface area contributed by atoms with Crippen LogP contribution in [0.25, 0.3) is 0 Å². The highest BCUT2D eigenvalue weighted by Gasteiger charge is 2.20. The molecule has 0 N–H and O–H groups in total. The maximum atomic E-state index is 13.5. The zero-order valence-corrected chi connectivity index (χ0v) is 12.0. The van der Waals surface area contributed by atoms with Crippen LogP contribution in [0.5, 0.6) is 5.75 Å². The Balaban J connectivity index is 2.37. The van der Waals surface area contributed by atoms with E-state index < -0.39 is 29.1 Å². The van der Waals surface area contributed by atoms with Gasteiger partial charge in [0.1, 0.15) is 22.9 Å². The Labute approximate surface area is 129 Å². The number of hydrogen-bond donors (Lipinski definition) is 0. The van der Waals surface area contributed by atoms with Crippen molar-refractivity contribution in [2.75, 3.05) is 7.11 Å². The SMILES string of the molecule is COC(=O)c1ccc(Cl)cc1OC(=O)c1cc(F)ccc1F. The van der Waals surface area contributed by atoms with E-state index in [9.17, 15) is 18.4 Å². The molecule has 0 amide bonds. The molecule has 2 rings (SSSR count). The fourth-order valence-corrected chi connectivity index (χ4v) is 1.83. The monoisotopic (exact) mass is 326 g/mol. The van der Waals surface area contributed by atoms with Gasteiger partial charge >= 0.3 is 11.9 Å². The maximum Gasteiger partial charge on any atom is 0.346 e. The number of benzene rings is 2. The molecule has 0 aliphatic rings. The molecule has 4 nitrogen and oxygen atoms in total. The minimum atomic E-state index is -1.16. The van der Waals surface area contributed by atoms with Crippen LogP contribution in [-0.4, -0.2) is 19.0 Å². The van der Waals surface area contributed by atoms with Gasteiger partial charge in [-0.2, -0.15) is 0 Å². The van der Waals surface area contributed by atoms with Gasteiger partial charge in [-0.3, -0.25) is 0 Å². The second kappa shape index (κ2) is 6.53. The number of ether oxygens (including phenoxy) is 2. The van der Waals surface area contributed by atoms with Crippen LogP contribution in [0.15, 0.2) is 36.4 Å². The van der Waals surface area contributed by atoms with Crippen LogP contribution in [0.4, 0.5) is 8.78 Å². The fourth-order valence-electron chi connectivity index (χ4n) is 1.67. The van der Waals surface area contributed by atoms with Crippen molar-refractivity contribution in [2.45, 2.75) is 0 Å². The van der Waals surface area contributed by atoms with E-state index in [0.717, 1.165) is 19.2 Å². The average Bonchev–Trinajstić information content (AvgIpc) is 2.49. The van der Waals surface area contributed by atoms with E-state index in [1.807, 2.05) is 0 Å². The third kappa shape index (κ3) is 3.40. The van der Waals surface area contributed by atoms with Gasteiger partial charge in [0.2, 0.25) is 0 Å². The predicted molar refractivity (Wildman–Crippen MR) is 74.1 cm³/mol. The lowest BCUT2D eigenvalue weighted by Crippen LogP contribution is -2.14. The summed E-state index contributed by atoms with van der Waals surface area (Å²) in [6.07, 6.45) is 0. The first-order chi connectivity index (χ1) is 10.4. The number of esters is 2. The number of hydrogen-bond acceptors (Lipinski definition) is 4. The summed E-state index contributed by atoms with van der Waals surface area (Å²) in [5, 5.41) is 0.190. The van der Waals surface area contributed by atoms with Crippen LogP contribution in [0.1, 0.15) is 20.7 Å². The molecule has 114 valence electrons. The van der Waals surface area contributed by atoms with Gasteiger partial charge in [0, 0.05) is 11.1 Å². The van der Waals surface area contributed by atoms with Crippen molar-refractivity contribution in [3.63, 3.8) is 0 Å². The summed E-state index contributed by atoms with van der Waals surface area (Å²) in [5.41, 5.74) is -0.673. The molecule has 0 atom stereocenters. The van der Waals surface area contributed by atoms with Crippen molar-refractivity contribution in [3.05, 3.63) is 64.2 Å². The fraction of sp³-hybridized carbons (Fsp3) is 0.0667. The molecule has 2 aromatic rings. The normalized spacial score (nSPS) is 10.2. The van der Waals surface area contributed by atoms with Crippen molar-refractivity contribution < 1.29 is 27.8 Å². The van der Waals surface area contributed by atoms with E-state index in [1.54, 1.807) is 0 Å². The van der Waals surface area contributed by atoms with E-state index in [4.69, 9.17) is 16.3 Å². The molecule has 2 aromatic carbocycles. The number of rotatable bonds is 3. The summed E-state index contributed by atoms with van der Waals surface area (Å²) in [4.78, 5) is 23.5. The summed E-state index contributed by atoms with van der Waals surface area (Å²) in [6, 6.07) is 6.24. The Hall–Kier alpha value is -2.47. The summed E-state index contributed by atoms with van der Waals surface area (Å²) >= 11 is 5.77. The van der Waals surface area contributed by atoms with Crippen molar-refractivity contribution >= 4 is 23.5 Å².